The lowest BCUT2D eigenvalue weighted by Gasteiger charge is -2.14. The molecule has 31 heavy (non-hydrogen) atoms. The largest absolute Gasteiger partial charge is 0.726 e. The highest BCUT2D eigenvalue weighted by Crippen LogP contribution is 2.22. The molecule has 0 radical (unpaired) electrons. The summed E-state index contributed by atoms with van der Waals surface area (Å²) in [4.78, 5) is 15.8. The van der Waals surface area contributed by atoms with Gasteiger partial charge in [-0.25, -0.2) is 18.2 Å². The molecule has 0 saturated carbocycles. The smallest absolute Gasteiger partial charge is 0.362 e. The highest BCUT2D eigenvalue weighted by molar-refractivity contribution is 7.80. The Morgan fingerprint density at radius 1 is 1.26 bits per heavy atom. The summed E-state index contributed by atoms with van der Waals surface area (Å²) in [5.41, 5.74) is 3.10. The highest BCUT2D eigenvalue weighted by Gasteiger charge is 2.18. The molecule has 0 amide bonds. The molecule has 0 fully saturated rings. The topological polar surface area (TPSA) is 146 Å². The second kappa shape index (κ2) is 8.83. The number of benzene rings is 1. The van der Waals surface area contributed by atoms with Crippen LogP contribution in [0.4, 0.5) is 5.69 Å². The van der Waals surface area contributed by atoms with E-state index >= 15 is 0 Å². The summed E-state index contributed by atoms with van der Waals surface area (Å²) >= 11 is 0. The first kappa shape index (κ1) is 22.4. The van der Waals surface area contributed by atoms with E-state index in [0.29, 0.717) is 17.9 Å². The molecule has 0 spiro atoms. The number of hydrogen-bond donors (Lipinski definition) is 0. The molecule has 0 unspecified atom stereocenters. The van der Waals surface area contributed by atoms with Crippen molar-refractivity contribution in [3.63, 3.8) is 0 Å². The fourth-order valence-electron chi connectivity index (χ4n) is 2.82. The standard InChI is InChI=1S/C17H18N6O2.CH4O4S/c1-4-14-11(2)19-23(20-14)13-6-5-12-7-15(17(24)25-16(12)8-13)22-10-21(3)9-18-22;1-5-6(2,3)4/h5-9H,4,10H2,1-3H3;1H3,(H,2,3,4)/p-1. The van der Waals surface area contributed by atoms with Gasteiger partial charge in [0.2, 0.25) is 10.4 Å². The van der Waals surface area contributed by atoms with Gasteiger partial charge in [0.05, 0.1) is 24.2 Å². The molecule has 4 rings (SSSR count). The Morgan fingerprint density at radius 3 is 2.52 bits per heavy atom. The normalized spacial score (nSPS) is 13.6. The Morgan fingerprint density at radius 2 is 1.97 bits per heavy atom. The molecular weight excluding hydrogens is 428 g/mol. The maximum absolute atomic E-state index is 12.3. The van der Waals surface area contributed by atoms with Crippen LogP contribution in [0, 0.1) is 6.92 Å². The van der Waals surface area contributed by atoms with E-state index in [1.165, 1.54) is 0 Å². The van der Waals surface area contributed by atoms with Crippen molar-refractivity contribution in [1.82, 2.24) is 19.9 Å². The fraction of sp³-hybridized carbons (Fsp3) is 0.333. The summed E-state index contributed by atoms with van der Waals surface area (Å²) in [6, 6.07) is 7.37. The summed E-state index contributed by atoms with van der Waals surface area (Å²) in [5, 5.41) is 15.5. The monoisotopic (exact) mass is 449 g/mol. The molecule has 2 aromatic heterocycles. The van der Waals surface area contributed by atoms with Crippen molar-refractivity contribution in [2.75, 3.05) is 25.8 Å². The van der Waals surface area contributed by atoms with Gasteiger partial charge < -0.3 is 13.9 Å². The Kier molecular flexibility index (Phi) is 6.38. The first-order valence-electron chi connectivity index (χ1n) is 9.15. The van der Waals surface area contributed by atoms with Crippen LogP contribution in [-0.2, 0) is 21.0 Å². The number of anilines is 1. The van der Waals surface area contributed by atoms with Gasteiger partial charge in [0.15, 0.2) is 0 Å². The average Bonchev–Trinajstić information content (AvgIpc) is 3.32. The van der Waals surface area contributed by atoms with Crippen molar-refractivity contribution in [2.45, 2.75) is 20.3 Å². The van der Waals surface area contributed by atoms with E-state index in [0.717, 1.165) is 36.0 Å². The molecule has 1 aliphatic heterocycles. The van der Waals surface area contributed by atoms with E-state index in [2.05, 4.69) is 19.5 Å². The van der Waals surface area contributed by atoms with Gasteiger partial charge in [0.1, 0.15) is 24.3 Å². The molecular formula is C18H21N6O6S-. The molecule has 0 bridgehead atoms. The Bertz CT molecular complexity index is 1280. The van der Waals surface area contributed by atoms with Gasteiger partial charge in [0.25, 0.3) is 0 Å². The van der Waals surface area contributed by atoms with Gasteiger partial charge >= 0.3 is 5.63 Å². The van der Waals surface area contributed by atoms with Crippen LogP contribution < -0.4 is 10.6 Å². The van der Waals surface area contributed by atoms with Gasteiger partial charge in [-0.1, -0.05) is 6.92 Å². The van der Waals surface area contributed by atoms with Crippen molar-refractivity contribution < 1.29 is 21.6 Å². The molecule has 0 N–H and O–H groups in total. The molecule has 1 aromatic carbocycles. The van der Waals surface area contributed by atoms with Crippen molar-refractivity contribution in [1.29, 1.82) is 0 Å². The molecule has 3 heterocycles. The van der Waals surface area contributed by atoms with E-state index in [-0.39, 0.29) is 0 Å². The van der Waals surface area contributed by atoms with Crippen molar-refractivity contribution >= 4 is 33.4 Å². The number of aromatic nitrogens is 3. The SMILES string of the molecule is CCc1nn(-c2ccc3cc(N4CN(C)C=N4)c(=O)oc3c2)nc1C.COS(=O)(=O)[O-]. The second-order valence-electron chi connectivity index (χ2n) is 6.62. The van der Waals surface area contributed by atoms with Crippen LogP contribution in [0.5, 0.6) is 0 Å². The molecule has 0 saturated heterocycles. The molecule has 12 nitrogen and oxygen atoms in total. The number of hydrogen-bond acceptors (Lipinski definition) is 11. The number of rotatable bonds is 4. The number of aryl methyl sites for hydroxylation is 2. The van der Waals surface area contributed by atoms with E-state index < -0.39 is 16.0 Å². The van der Waals surface area contributed by atoms with Crippen LogP contribution in [0.3, 0.4) is 0 Å². The maximum Gasteiger partial charge on any atom is 0.362 e. The lowest BCUT2D eigenvalue weighted by molar-refractivity contribution is 0.314. The third-order valence-electron chi connectivity index (χ3n) is 4.37. The van der Waals surface area contributed by atoms with E-state index in [1.807, 2.05) is 37.9 Å². The van der Waals surface area contributed by atoms with E-state index in [4.69, 9.17) is 4.42 Å². The molecule has 166 valence electrons. The molecule has 13 heteroatoms. The van der Waals surface area contributed by atoms with Crippen molar-refractivity contribution in [3.8, 4) is 5.69 Å². The van der Waals surface area contributed by atoms with E-state index in [1.54, 1.807) is 28.3 Å². The molecule has 0 aliphatic carbocycles. The zero-order chi connectivity index (χ0) is 22.8. The first-order valence-corrected chi connectivity index (χ1v) is 10.5. The lowest BCUT2D eigenvalue weighted by Crippen LogP contribution is -2.26. The molecule has 0 atom stereocenters. The lowest BCUT2D eigenvalue weighted by atomic mass is 10.2. The fourth-order valence-corrected chi connectivity index (χ4v) is 2.82. The maximum atomic E-state index is 12.3. The highest BCUT2D eigenvalue weighted by atomic mass is 32.3. The van der Waals surface area contributed by atoms with Crippen molar-refractivity contribution in [3.05, 3.63) is 46.1 Å². The zero-order valence-corrected chi connectivity index (χ0v) is 18.2. The quantitative estimate of drug-likeness (QED) is 0.321. The first-order chi connectivity index (χ1) is 14.6. The van der Waals surface area contributed by atoms with Crippen LogP contribution in [0.15, 0.2) is 38.6 Å². The minimum Gasteiger partial charge on any atom is -0.726 e. The summed E-state index contributed by atoms with van der Waals surface area (Å²) in [7, 11) is -1.71. The van der Waals surface area contributed by atoms with Crippen molar-refractivity contribution in [2.24, 2.45) is 5.10 Å². The molecule has 3 aromatic rings. The van der Waals surface area contributed by atoms with Crippen LogP contribution in [0.25, 0.3) is 16.7 Å². The van der Waals surface area contributed by atoms with Gasteiger partial charge in [0, 0.05) is 18.5 Å². The van der Waals surface area contributed by atoms with Gasteiger partial charge in [-0.3, -0.25) is 4.18 Å². The summed E-state index contributed by atoms with van der Waals surface area (Å²) in [6.45, 7) is 4.49. The number of hydrazone groups is 1. The predicted octanol–water partition coefficient (Wildman–Crippen LogP) is 0.990. The minimum absolute atomic E-state index is 0.419. The van der Waals surface area contributed by atoms with Gasteiger partial charge in [-0.2, -0.15) is 20.1 Å². The third kappa shape index (κ3) is 5.25. The summed E-state index contributed by atoms with van der Waals surface area (Å²) in [5.74, 6) is 0. The van der Waals surface area contributed by atoms with Crippen LogP contribution in [0.1, 0.15) is 18.3 Å². The summed E-state index contributed by atoms with van der Waals surface area (Å²) < 4.78 is 36.5. The second-order valence-corrected chi connectivity index (χ2v) is 7.77. The van der Waals surface area contributed by atoms with Gasteiger partial charge in [-0.05, 0) is 31.5 Å². The Labute approximate surface area is 178 Å². The zero-order valence-electron chi connectivity index (χ0n) is 17.3. The van der Waals surface area contributed by atoms with Crippen LogP contribution in [0.2, 0.25) is 0 Å². The third-order valence-corrected chi connectivity index (χ3v) is 4.78. The predicted molar refractivity (Wildman–Crippen MR) is 112 cm³/mol. The molecule has 1 aliphatic rings. The minimum atomic E-state index is -4.41. The average molecular weight is 449 g/mol. The van der Waals surface area contributed by atoms with Crippen LogP contribution >= 0.6 is 0 Å². The Balaban J connectivity index is 0.000000401. The van der Waals surface area contributed by atoms with Gasteiger partial charge in [-0.15, -0.1) is 0 Å². The van der Waals surface area contributed by atoms with Crippen LogP contribution in [-0.4, -0.2) is 60.0 Å². The number of fused-ring (bicyclic) bond motifs is 1. The number of nitrogens with zero attached hydrogens (tertiary/aromatic N) is 6. The van der Waals surface area contributed by atoms with E-state index in [9.17, 15) is 17.8 Å². The summed E-state index contributed by atoms with van der Waals surface area (Å²) in [6.07, 6.45) is 2.49. The Hall–Kier alpha value is -3.29.